The molecule has 8 heteroatoms. The van der Waals surface area contributed by atoms with Crippen molar-refractivity contribution in [2.45, 2.75) is 5.37 Å². The Kier molecular flexibility index (Phi) is 5.18. The summed E-state index contributed by atoms with van der Waals surface area (Å²) in [6, 6.07) is 11.2. The van der Waals surface area contributed by atoms with Crippen LogP contribution >= 0.6 is 27.7 Å². The molecular weight excluding hydrogens is 430 g/mol. The second-order valence-electron chi connectivity index (χ2n) is 5.93. The summed E-state index contributed by atoms with van der Waals surface area (Å²) in [6.45, 7) is 0.638. The van der Waals surface area contributed by atoms with E-state index in [-0.39, 0.29) is 17.0 Å². The lowest BCUT2D eigenvalue weighted by atomic mass is 10.1. The second kappa shape index (κ2) is 7.74. The van der Waals surface area contributed by atoms with Crippen molar-refractivity contribution in [1.29, 1.82) is 0 Å². The van der Waals surface area contributed by atoms with Crippen LogP contribution in [0.4, 0.5) is 0 Å². The fourth-order valence-corrected chi connectivity index (χ4v) is 4.65. The van der Waals surface area contributed by atoms with E-state index in [2.05, 4.69) is 26.1 Å². The molecule has 1 unspecified atom stereocenters. The van der Waals surface area contributed by atoms with E-state index in [4.69, 9.17) is 9.26 Å². The minimum absolute atomic E-state index is 0.136. The predicted octanol–water partition coefficient (Wildman–Crippen LogP) is 4.40. The maximum absolute atomic E-state index is 13.1. The molecule has 6 nitrogen and oxygen atoms in total. The molecule has 0 saturated carbocycles. The first-order valence-corrected chi connectivity index (χ1v) is 10.1. The van der Waals surface area contributed by atoms with Crippen molar-refractivity contribution in [3.63, 3.8) is 0 Å². The van der Waals surface area contributed by atoms with Gasteiger partial charge in [0.1, 0.15) is 11.1 Å². The molecule has 138 valence electrons. The number of carbonyl (C=O) groups is 1. The van der Waals surface area contributed by atoms with Gasteiger partial charge in [-0.1, -0.05) is 21.1 Å². The van der Waals surface area contributed by atoms with Crippen LogP contribution < -0.4 is 4.74 Å². The van der Waals surface area contributed by atoms with Crippen molar-refractivity contribution in [3.05, 3.63) is 64.5 Å². The fourth-order valence-electron chi connectivity index (χ4n) is 3.00. The molecule has 1 atom stereocenters. The molecule has 1 aliphatic rings. The zero-order valence-corrected chi connectivity index (χ0v) is 16.9. The van der Waals surface area contributed by atoms with Gasteiger partial charge < -0.3 is 14.2 Å². The molecule has 2 aromatic heterocycles. The zero-order chi connectivity index (χ0) is 18.8. The quantitative estimate of drug-likeness (QED) is 0.592. The summed E-state index contributed by atoms with van der Waals surface area (Å²) < 4.78 is 11.8. The number of rotatable bonds is 4. The van der Waals surface area contributed by atoms with Crippen LogP contribution in [-0.2, 0) is 0 Å². The summed E-state index contributed by atoms with van der Waals surface area (Å²) in [4.78, 5) is 19.0. The van der Waals surface area contributed by atoms with E-state index >= 15 is 0 Å². The van der Waals surface area contributed by atoms with E-state index in [9.17, 15) is 4.79 Å². The van der Waals surface area contributed by atoms with Gasteiger partial charge in [-0.3, -0.25) is 9.78 Å². The van der Waals surface area contributed by atoms with Crippen LogP contribution in [0.2, 0.25) is 0 Å². The molecule has 1 aliphatic heterocycles. The Morgan fingerprint density at radius 2 is 2.26 bits per heavy atom. The van der Waals surface area contributed by atoms with Crippen molar-refractivity contribution in [1.82, 2.24) is 15.0 Å². The number of benzene rings is 1. The lowest BCUT2D eigenvalue weighted by Gasteiger charge is -2.24. The summed E-state index contributed by atoms with van der Waals surface area (Å²) in [5, 5.41) is 3.85. The smallest absolute Gasteiger partial charge is 0.277 e. The number of nitrogens with zero attached hydrogens (tertiary/aromatic N) is 3. The molecule has 0 bridgehead atoms. The van der Waals surface area contributed by atoms with Crippen molar-refractivity contribution in [3.8, 4) is 17.1 Å². The molecule has 27 heavy (non-hydrogen) atoms. The summed E-state index contributed by atoms with van der Waals surface area (Å²) in [7, 11) is 1.64. The Morgan fingerprint density at radius 3 is 3.04 bits per heavy atom. The molecule has 1 amide bonds. The number of hydrogen-bond acceptors (Lipinski definition) is 6. The number of amides is 1. The van der Waals surface area contributed by atoms with Crippen molar-refractivity contribution >= 4 is 33.6 Å². The Bertz CT molecular complexity index is 964. The number of ether oxygens (including phenoxy) is 1. The molecule has 0 spiro atoms. The van der Waals surface area contributed by atoms with Crippen LogP contribution in [0.1, 0.15) is 21.4 Å². The third kappa shape index (κ3) is 3.59. The van der Waals surface area contributed by atoms with Crippen LogP contribution in [0, 0.1) is 0 Å². The van der Waals surface area contributed by atoms with Gasteiger partial charge in [0.15, 0.2) is 11.5 Å². The van der Waals surface area contributed by atoms with Gasteiger partial charge >= 0.3 is 0 Å². The Hall–Kier alpha value is -2.32. The molecule has 0 N–H and O–H groups in total. The Morgan fingerprint density at radius 1 is 1.37 bits per heavy atom. The first-order chi connectivity index (χ1) is 13.2. The van der Waals surface area contributed by atoms with E-state index < -0.39 is 0 Å². The first-order valence-electron chi connectivity index (χ1n) is 8.30. The minimum Gasteiger partial charge on any atom is -0.496 e. The highest BCUT2D eigenvalue weighted by atomic mass is 79.9. The van der Waals surface area contributed by atoms with Crippen molar-refractivity contribution in [2.75, 3.05) is 19.4 Å². The van der Waals surface area contributed by atoms with Crippen LogP contribution in [0.15, 0.2) is 57.8 Å². The lowest BCUT2D eigenvalue weighted by Crippen LogP contribution is -2.30. The van der Waals surface area contributed by atoms with Gasteiger partial charge in [-0.05, 0) is 30.3 Å². The van der Waals surface area contributed by atoms with Crippen molar-refractivity contribution in [2.24, 2.45) is 0 Å². The normalized spacial score (nSPS) is 16.5. The van der Waals surface area contributed by atoms with Gasteiger partial charge in [-0.2, -0.15) is 0 Å². The maximum atomic E-state index is 13.1. The summed E-state index contributed by atoms with van der Waals surface area (Å²) in [5.74, 6) is 1.96. The Labute approximate surface area is 169 Å². The number of aromatic nitrogens is 2. The van der Waals surface area contributed by atoms with Crippen LogP contribution in [-0.4, -0.2) is 40.4 Å². The largest absolute Gasteiger partial charge is 0.496 e. The number of pyridine rings is 1. The van der Waals surface area contributed by atoms with E-state index in [1.54, 1.807) is 42.2 Å². The number of thioether (sulfide) groups is 1. The molecule has 0 aliphatic carbocycles. The molecule has 3 aromatic rings. The minimum atomic E-state index is -0.161. The average Bonchev–Trinajstić information content (AvgIpc) is 3.38. The molecule has 0 radical (unpaired) electrons. The number of halogens is 1. The van der Waals surface area contributed by atoms with Gasteiger partial charge in [-0.25, -0.2) is 0 Å². The van der Waals surface area contributed by atoms with Gasteiger partial charge in [0, 0.05) is 46.4 Å². The molecule has 3 heterocycles. The topological polar surface area (TPSA) is 68.5 Å². The standard InChI is InChI=1S/C19H16BrN3O3S/c1-25-16-5-4-13(20)9-14(16)19-23(7-8-27-19)18(24)15-10-17(26-22-15)12-3-2-6-21-11-12/h2-6,9-11,19H,7-8H2,1H3. The summed E-state index contributed by atoms with van der Waals surface area (Å²) >= 11 is 5.21. The third-order valence-electron chi connectivity index (χ3n) is 4.28. The van der Waals surface area contributed by atoms with Gasteiger partial charge in [0.2, 0.25) is 0 Å². The molecule has 1 saturated heterocycles. The Balaban J connectivity index is 1.62. The predicted molar refractivity (Wildman–Crippen MR) is 107 cm³/mol. The SMILES string of the molecule is COc1ccc(Br)cc1C1SCCN1C(=O)c1cc(-c2cccnc2)on1. The average molecular weight is 446 g/mol. The highest BCUT2D eigenvalue weighted by Crippen LogP contribution is 2.43. The number of hydrogen-bond donors (Lipinski definition) is 0. The van der Waals surface area contributed by atoms with Crippen molar-refractivity contribution < 1.29 is 14.1 Å². The molecule has 4 rings (SSSR count). The maximum Gasteiger partial charge on any atom is 0.277 e. The van der Waals surface area contributed by atoms with E-state index in [0.29, 0.717) is 12.3 Å². The highest BCUT2D eigenvalue weighted by molar-refractivity contribution is 9.10. The number of carbonyl (C=O) groups excluding carboxylic acids is 1. The van der Waals surface area contributed by atoms with Crippen LogP contribution in [0.5, 0.6) is 5.75 Å². The second-order valence-corrected chi connectivity index (χ2v) is 8.03. The van der Waals surface area contributed by atoms with E-state index in [1.807, 2.05) is 30.3 Å². The molecule has 1 fully saturated rings. The van der Waals surface area contributed by atoms with E-state index in [0.717, 1.165) is 27.1 Å². The molecule has 1 aromatic carbocycles. The zero-order valence-electron chi connectivity index (χ0n) is 14.5. The first kappa shape index (κ1) is 18.1. The summed E-state index contributed by atoms with van der Waals surface area (Å²) in [5.41, 5.74) is 2.03. The number of methoxy groups -OCH3 is 1. The van der Waals surface area contributed by atoms with Gasteiger partial charge in [-0.15, -0.1) is 11.8 Å². The summed E-state index contributed by atoms with van der Waals surface area (Å²) in [6.07, 6.45) is 3.36. The monoisotopic (exact) mass is 445 g/mol. The van der Waals surface area contributed by atoms with Gasteiger partial charge in [0.05, 0.1) is 7.11 Å². The molecular formula is C19H16BrN3O3S. The fraction of sp³-hybridized carbons (Fsp3) is 0.211. The van der Waals surface area contributed by atoms with Crippen LogP contribution in [0.25, 0.3) is 11.3 Å². The highest BCUT2D eigenvalue weighted by Gasteiger charge is 2.34. The van der Waals surface area contributed by atoms with Gasteiger partial charge in [0.25, 0.3) is 5.91 Å². The third-order valence-corrected chi connectivity index (χ3v) is 6.02. The lowest BCUT2D eigenvalue weighted by molar-refractivity contribution is 0.0749. The van der Waals surface area contributed by atoms with E-state index in [1.165, 1.54) is 0 Å². The van der Waals surface area contributed by atoms with Crippen LogP contribution in [0.3, 0.4) is 0 Å².